The molecule has 0 aliphatic carbocycles. The molecule has 3 aliphatic rings. The minimum Gasteiger partial charge on any atom is -0.465 e. The van der Waals surface area contributed by atoms with E-state index in [-0.39, 0.29) is 75.0 Å². The number of halogens is 6. The lowest BCUT2D eigenvalue weighted by atomic mass is 9.92. The first-order chi connectivity index (χ1) is 26.3. The van der Waals surface area contributed by atoms with Crippen LogP contribution in [0, 0.1) is 23.5 Å². The van der Waals surface area contributed by atoms with E-state index in [0.29, 0.717) is 50.9 Å². The molecule has 19 heteroatoms. The molecule has 3 fully saturated rings. The highest BCUT2D eigenvalue weighted by molar-refractivity contribution is 14.0. The van der Waals surface area contributed by atoms with E-state index in [1.165, 1.54) is 27.9 Å². The SMILES string of the molecule is C[N+]1(CC2CCN(C(=O)O)C2)CCC(C(=O)N2CCN(C(=O)c3ccc(Nc4nccn5c(-c6ccc(OC(F)F)c(F)c6F)cnc45)cc3Cl)CC2)CC1.I. The number of piperidine rings is 1. The number of benzene rings is 2. The number of anilines is 2. The molecule has 5 heterocycles. The number of quaternary nitrogens is 1. The number of fused-ring (bicyclic) bond motifs is 1. The van der Waals surface area contributed by atoms with Crippen LogP contribution in [0.4, 0.5) is 33.9 Å². The molecule has 56 heavy (non-hydrogen) atoms. The molecule has 4 aromatic rings. The number of carboxylic acid groups (broad SMARTS) is 1. The number of piperazine rings is 1. The van der Waals surface area contributed by atoms with E-state index in [2.05, 4.69) is 27.1 Å². The highest BCUT2D eigenvalue weighted by atomic mass is 127. The number of hydrogen-bond acceptors (Lipinski definition) is 7. The molecule has 0 bridgehead atoms. The Labute approximate surface area is 341 Å². The normalized spacial score (nSPS) is 21.3. The van der Waals surface area contributed by atoms with Crippen molar-refractivity contribution in [2.24, 2.45) is 11.8 Å². The number of alkyl halides is 2. The number of amides is 3. The lowest BCUT2D eigenvalue weighted by Gasteiger charge is -2.43. The van der Waals surface area contributed by atoms with Crippen LogP contribution in [0.15, 0.2) is 48.9 Å². The molecule has 1 atom stereocenters. The zero-order valence-electron chi connectivity index (χ0n) is 30.3. The molecule has 3 saturated heterocycles. The first-order valence-corrected chi connectivity index (χ1v) is 18.4. The van der Waals surface area contributed by atoms with Crippen LogP contribution in [-0.4, -0.2) is 129 Å². The van der Waals surface area contributed by atoms with E-state index >= 15 is 0 Å². The number of nitrogens with one attached hydrogen (secondary N) is 1. The predicted octanol–water partition coefficient (Wildman–Crippen LogP) is 6.43. The zero-order valence-corrected chi connectivity index (χ0v) is 33.4. The van der Waals surface area contributed by atoms with Crippen LogP contribution in [0.5, 0.6) is 5.75 Å². The average molecular weight is 916 g/mol. The fraction of sp³-hybridized carbons (Fsp3) is 0.432. The first-order valence-electron chi connectivity index (χ1n) is 18.0. The minimum atomic E-state index is -3.32. The Morgan fingerprint density at radius 2 is 1.70 bits per heavy atom. The summed E-state index contributed by atoms with van der Waals surface area (Å²) in [6.45, 7) is 2.06. The second kappa shape index (κ2) is 17.0. The number of imidazole rings is 1. The first kappa shape index (κ1) is 41.2. The van der Waals surface area contributed by atoms with Gasteiger partial charge in [0.05, 0.1) is 49.2 Å². The van der Waals surface area contributed by atoms with E-state index in [0.717, 1.165) is 55.5 Å². The van der Waals surface area contributed by atoms with Gasteiger partial charge < -0.3 is 34.3 Å². The third kappa shape index (κ3) is 8.61. The maximum Gasteiger partial charge on any atom is 0.407 e. The Morgan fingerprint density at radius 3 is 2.36 bits per heavy atom. The summed E-state index contributed by atoms with van der Waals surface area (Å²) in [5.74, 6) is -3.49. The van der Waals surface area contributed by atoms with Crippen LogP contribution in [0.3, 0.4) is 0 Å². The van der Waals surface area contributed by atoms with Gasteiger partial charge in [0.1, 0.15) is 0 Å². The maximum atomic E-state index is 14.9. The van der Waals surface area contributed by atoms with Crippen molar-refractivity contribution in [2.75, 3.05) is 71.3 Å². The van der Waals surface area contributed by atoms with Crippen LogP contribution in [0.25, 0.3) is 16.9 Å². The van der Waals surface area contributed by atoms with Gasteiger partial charge >= 0.3 is 12.7 Å². The Hall–Kier alpha value is -4.43. The highest BCUT2D eigenvalue weighted by Gasteiger charge is 2.39. The van der Waals surface area contributed by atoms with E-state index in [9.17, 15) is 37.1 Å². The molecular formula is C37H41ClF4IN8O5+. The zero-order chi connectivity index (χ0) is 39.0. The molecule has 2 aromatic carbocycles. The topological polar surface area (TPSA) is 133 Å². The fourth-order valence-corrected chi connectivity index (χ4v) is 8.25. The Bertz CT molecular complexity index is 2110. The van der Waals surface area contributed by atoms with Crippen molar-refractivity contribution in [3.63, 3.8) is 0 Å². The molecule has 7 rings (SSSR count). The molecule has 300 valence electrons. The fourth-order valence-electron chi connectivity index (χ4n) is 7.98. The van der Waals surface area contributed by atoms with E-state index in [1.54, 1.807) is 23.1 Å². The summed E-state index contributed by atoms with van der Waals surface area (Å²) in [5, 5.41) is 12.6. The molecule has 3 aliphatic heterocycles. The Kier molecular flexibility index (Phi) is 12.5. The van der Waals surface area contributed by atoms with Crippen LogP contribution >= 0.6 is 35.6 Å². The van der Waals surface area contributed by atoms with Gasteiger partial charge in [-0.25, -0.2) is 19.2 Å². The van der Waals surface area contributed by atoms with Crippen molar-refractivity contribution in [3.8, 4) is 17.0 Å². The number of hydrogen-bond donors (Lipinski definition) is 2. The van der Waals surface area contributed by atoms with Gasteiger partial charge in [-0.2, -0.15) is 13.2 Å². The van der Waals surface area contributed by atoms with Gasteiger partial charge in [0, 0.05) is 87.6 Å². The molecule has 2 aromatic heterocycles. The lowest BCUT2D eigenvalue weighted by Crippen LogP contribution is -2.56. The Morgan fingerprint density at radius 1 is 0.982 bits per heavy atom. The largest absolute Gasteiger partial charge is 0.465 e. The van der Waals surface area contributed by atoms with Gasteiger partial charge in [-0.05, 0) is 36.8 Å². The molecule has 0 spiro atoms. The van der Waals surface area contributed by atoms with Crippen molar-refractivity contribution in [3.05, 3.63) is 71.1 Å². The molecular weight excluding hydrogens is 875 g/mol. The average Bonchev–Trinajstić information content (AvgIpc) is 3.81. The number of carbonyl (C=O) groups is 3. The van der Waals surface area contributed by atoms with Crippen LogP contribution in [0.1, 0.15) is 29.6 Å². The number of aromatic nitrogens is 3. The van der Waals surface area contributed by atoms with Crippen molar-refractivity contribution >= 4 is 70.6 Å². The number of likely N-dealkylation sites (tertiary alicyclic amines) is 2. The number of carbonyl (C=O) groups excluding carboxylic acids is 2. The van der Waals surface area contributed by atoms with Crippen LogP contribution in [-0.2, 0) is 4.79 Å². The number of ether oxygens (including phenoxy) is 1. The molecule has 0 saturated carbocycles. The summed E-state index contributed by atoms with van der Waals surface area (Å²) in [6.07, 6.45) is 5.74. The summed E-state index contributed by atoms with van der Waals surface area (Å²) in [4.78, 5) is 52.0. The van der Waals surface area contributed by atoms with Crippen molar-refractivity contribution in [2.45, 2.75) is 25.9 Å². The van der Waals surface area contributed by atoms with E-state index in [1.807, 2.05) is 4.90 Å². The van der Waals surface area contributed by atoms with Crippen LogP contribution in [0.2, 0.25) is 5.02 Å². The summed E-state index contributed by atoms with van der Waals surface area (Å²) >= 11 is 6.61. The summed E-state index contributed by atoms with van der Waals surface area (Å²) < 4.78 is 60.9. The van der Waals surface area contributed by atoms with Crippen molar-refractivity contribution in [1.29, 1.82) is 0 Å². The lowest BCUT2D eigenvalue weighted by molar-refractivity contribution is -0.917. The van der Waals surface area contributed by atoms with Crippen molar-refractivity contribution in [1.82, 2.24) is 29.1 Å². The van der Waals surface area contributed by atoms with Gasteiger partial charge in [-0.1, -0.05) is 11.6 Å². The van der Waals surface area contributed by atoms with Crippen molar-refractivity contribution < 1.29 is 46.3 Å². The molecule has 2 N–H and O–H groups in total. The summed E-state index contributed by atoms with van der Waals surface area (Å²) in [7, 11) is 2.20. The predicted molar refractivity (Wildman–Crippen MR) is 209 cm³/mol. The Balaban J connectivity index is 0.00000532. The monoisotopic (exact) mass is 915 g/mol. The number of rotatable bonds is 9. The quantitative estimate of drug-likeness (QED) is 0.112. The van der Waals surface area contributed by atoms with Gasteiger partial charge in [-0.15, -0.1) is 24.0 Å². The van der Waals surface area contributed by atoms with E-state index in [4.69, 9.17) is 11.6 Å². The van der Waals surface area contributed by atoms with E-state index < -0.39 is 30.1 Å². The third-order valence-electron chi connectivity index (χ3n) is 10.9. The van der Waals surface area contributed by atoms with Gasteiger partial charge in [0.15, 0.2) is 23.0 Å². The van der Waals surface area contributed by atoms with Gasteiger partial charge in [-0.3, -0.25) is 14.0 Å². The molecule has 1 unspecified atom stereocenters. The molecule has 0 radical (unpaired) electrons. The van der Waals surface area contributed by atoms with Gasteiger partial charge in [0.25, 0.3) is 5.91 Å². The minimum absolute atomic E-state index is 0. The third-order valence-corrected chi connectivity index (χ3v) is 11.3. The smallest absolute Gasteiger partial charge is 0.407 e. The maximum absolute atomic E-state index is 14.9. The molecule has 3 amide bonds. The second-order valence-corrected chi connectivity index (χ2v) is 15.0. The second-order valence-electron chi connectivity index (χ2n) is 14.6. The van der Waals surface area contributed by atoms with Crippen LogP contribution < -0.4 is 10.1 Å². The molecule has 13 nitrogen and oxygen atoms in total. The standard InChI is InChI=1S/C37H39ClF4N8O5.HI/c1-50(21-22-6-10-48(20-22)37(53)54)16-7-23(8-17-50)34(51)46-12-14-47(15-13-46)35(52)25-3-2-24(18-27(25)38)45-32-33-44-19-28(49(33)11-9-43-32)26-4-5-29(55-36(41)42)31(40)30(26)39;/h2-5,9,11,18-19,22-23,36H,6-8,10,12-17,20-21H2,1H3,(H-,43,45,52,53,54);1H/p+1. The summed E-state index contributed by atoms with van der Waals surface area (Å²) in [5.41, 5.74) is 0.906. The number of nitrogens with zero attached hydrogens (tertiary/aromatic N) is 7. The summed E-state index contributed by atoms with van der Waals surface area (Å²) in [6, 6.07) is 6.82. The highest BCUT2D eigenvalue weighted by Crippen LogP contribution is 2.33. The van der Waals surface area contributed by atoms with Gasteiger partial charge in [0.2, 0.25) is 11.7 Å².